The number of thiophene rings is 1. The first-order chi connectivity index (χ1) is 9.46. The number of rotatable bonds is 5. The first kappa shape index (κ1) is 15.4. The molecule has 6 heteroatoms. The summed E-state index contributed by atoms with van der Waals surface area (Å²) in [7, 11) is 0. The van der Waals surface area contributed by atoms with Crippen LogP contribution in [-0.2, 0) is 4.74 Å². The van der Waals surface area contributed by atoms with Crippen LogP contribution in [-0.4, -0.2) is 60.9 Å². The molecule has 0 radical (unpaired) electrons. The molecule has 0 aliphatic carbocycles. The molecular weight excluding hydrogens is 276 g/mol. The van der Waals surface area contributed by atoms with E-state index in [1.165, 1.54) is 11.3 Å². The van der Waals surface area contributed by atoms with Crippen molar-refractivity contribution in [1.29, 1.82) is 0 Å². The Morgan fingerprint density at radius 2 is 2.20 bits per heavy atom. The Morgan fingerprint density at radius 1 is 1.50 bits per heavy atom. The fourth-order valence-corrected chi connectivity index (χ4v) is 3.00. The number of hydrogen-bond donors (Lipinski definition) is 2. The van der Waals surface area contributed by atoms with E-state index in [0.29, 0.717) is 24.6 Å². The number of β-amino-alcohol motifs (C(OH)–C–C–N with tert-alkyl or cyclic N) is 1. The molecule has 1 fully saturated rings. The van der Waals surface area contributed by atoms with Gasteiger partial charge in [0.15, 0.2) is 0 Å². The van der Waals surface area contributed by atoms with Crippen molar-refractivity contribution in [2.24, 2.45) is 0 Å². The summed E-state index contributed by atoms with van der Waals surface area (Å²) < 4.78 is 5.28. The highest BCUT2D eigenvalue weighted by molar-refractivity contribution is 7.13. The molecule has 2 N–H and O–H groups in total. The van der Waals surface area contributed by atoms with E-state index in [1.54, 1.807) is 6.92 Å². The average Bonchev–Trinajstić information content (AvgIpc) is 2.83. The number of hydrogen-bond acceptors (Lipinski definition) is 5. The molecule has 20 heavy (non-hydrogen) atoms. The minimum atomic E-state index is -0.931. The molecule has 1 amide bonds. The Labute approximate surface area is 123 Å². The van der Waals surface area contributed by atoms with Gasteiger partial charge >= 0.3 is 0 Å². The van der Waals surface area contributed by atoms with E-state index < -0.39 is 5.60 Å². The maximum Gasteiger partial charge on any atom is 0.261 e. The molecule has 0 aromatic carbocycles. The summed E-state index contributed by atoms with van der Waals surface area (Å²) in [5.41, 5.74) is -0.931. The number of ether oxygens (including phenoxy) is 1. The van der Waals surface area contributed by atoms with Crippen LogP contribution in [0, 0.1) is 6.92 Å². The fourth-order valence-electron chi connectivity index (χ4n) is 2.21. The molecule has 0 bridgehead atoms. The van der Waals surface area contributed by atoms with Crippen molar-refractivity contribution in [3.8, 4) is 0 Å². The van der Waals surface area contributed by atoms with Crippen molar-refractivity contribution in [3.05, 3.63) is 21.9 Å². The number of aryl methyl sites for hydroxylation is 1. The smallest absolute Gasteiger partial charge is 0.261 e. The summed E-state index contributed by atoms with van der Waals surface area (Å²) in [5.74, 6) is -0.120. The molecule has 1 aromatic heterocycles. The van der Waals surface area contributed by atoms with Crippen molar-refractivity contribution in [1.82, 2.24) is 10.2 Å². The van der Waals surface area contributed by atoms with Crippen molar-refractivity contribution in [2.45, 2.75) is 19.4 Å². The highest BCUT2D eigenvalue weighted by Gasteiger charge is 2.26. The van der Waals surface area contributed by atoms with E-state index in [2.05, 4.69) is 10.2 Å². The van der Waals surface area contributed by atoms with Gasteiger partial charge in [0.1, 0.15) is 0 Å². The maximum absolute atomic E-state index is 12.0. The Balaban J connectivity index is 1.80. The standard InChI is InChI=1S/C14H22N2O3S/c1-11-3-4-12(20-11)13(17)15-9-14(2,18)10-16-5-7-19-8-6-16/h3-4,18H,5-10H2,1-2H3,(H,15,17). The maximum atomic E-state index is 12.0. The Bertz CT molecular complexity index is 453. The van der Waals surface area contributed by atoms with Gasteiger partial charge in [-0.3, -0.25) is 9.69 Å². The van der Waals surface area contributed by atoms with Crippen molar-refractivity contribution < 1.29 is 14.6 Å². The lowest BCUT2D eigenvalue weighted by Gasteiger charge is -2.33. The van der Waals surface area contributed by atoms with Crippen LogP contribution in [0.4, 0.5) is 0 Å². The average molecular weight is 298 g/mol. The summed E-state index contributed by atoms with van der Waals surface area (Å²) in [4.78, 5) is 15.9. The van der Waals surface area contributed by atoms with Crippen LogP contribution in [0.2, 0.25) is 0 Å². The Morgan fingerprint density at radius 3 is 2.80 bits per heavy atom. The van der Waals surface area contributed by atoms with E-state index >= 15 is 0 Å². The van der Waals surface area contributed by atoms with Gasteiger partial charge in [0.2, 0.25) is 0 Å². The van der Waals surface area contributed by atoms with E-state index in [1.807, 2.05) is 19.1 Å². The van der Waals surface area contributed by atoms with E-state index in [9.17, 15) is 9.90 Å². The Hall–Kier alpha value is -0.950. The van der Waals surface area contributed by atoms with Gasteiger partial charge in [-0.15, -0.1) is 11.3 Å². The summed E-state index contributed by atoms with van der Waals surface area (Å²) in [6.45, 7) is 7.58. The lowest BCUT2D eigenvalue weighted by molar-refractivity contribution is -0.0213. The molecule has 0 spiro atoms. The summed E-state index contributed by atoms with van der Waals surface area (Å²) >= 11 is 1.46. The van der Waals surface area contributed by atoms with Crippen LogP contribution in [0.25, 0.3) is 0 Å². The number of nitrogens with one attached hydrogen (secondary N) is 1. The second-order valence-corrected chi connectivity index (χ2v) is 6.77. The minimum Gasteiger partial charge on any atom is -0.387 e. The molecule has 1 aliphatic rings. The lowest BCUT2D eigenvalue weighted by atomic mass is 10.1. The molecule has 1 saturated heterocycles. The quantitative estimate of drug-likeness (QED) is 0.847. The number of morpholine rings is 1. The fraction of sp³-hybridized carbons (Fsp3) is 0.643. The zero-order valence-electron chi connectivity index (χ0n) is 12.0. The van der Waals surface area contributed by atoms with Crippen LogP contribution in [0.1, 0.15) is 21.5 Å². The van der Waals surface area contributed by atoms with E-state index in [-0.39, 0.29) is 12.5 Å². The van der Waals surface area contributed by atoms with Gasteiger partial charge in [-0.25, -0.2) is 0 Å². The van der Waals surface area contributed by atoms with Gasteiger partial charge in [0.05, 0.1) is 23.7 Å². The Kier molecular flexibility index (Phi) is 5.15. The van der Waals surface area contributed by atoms with Crippen molar-refractivity contribution >= 4 is 17.2 Å². The van der Waals surface area contributed by atoms with Gasteiger partial charge in [-0.1, -0.05) is 0 Å². The highest BCUT2D eigenvalue weighted by Crippen LogP contribution is 2.15. The number of carbonyl (C=O) groups excluding carboxylic acids is 1. The summed E-state index contributed by atoms with van der Waals surface area (Å²) in [6.07, 6.45) is 0. The normalized spacial score (nSPS) is 19.6. The van der Waals surface area contributed by atoms with Crippen molar-refractivity contribution in [2.75, 3.05) is 39.4 Å². The SMILES string of the molecule is Cc1ccc(C(=O)NCC(C)(O)CN2CCOCC2)s1. The zero-order chi connectivity index (χ0) is 14.6. The molecule has 2 heterocycles. The van der Waals surface area contributed by atoms with Gasteiger partial charge in [0, 0.05) is 31.1 Å². The monoisotopic (exact) mass is 298 g/mol. The predicted molar refractivity (Wildman–Crippen MR) is 79.3 cm³/mol. The molecule has 5 nitrogen and oxygen atoms in total. The van der Waals surface area contributed by atoms with Crippen LogP contribution in [0.15, 0.2) is 12.1 Å². The van der Waals surface area contributed by atoms with Crippen LogP contribution in [0.5, 0.6) is 0 Å². The summed E-state index contributed by atoms with van der Waals surface area (Å²) in [5, 5.41) is 13.2. The zero-order valence-corrected chi connectivity index (χ0v) is 12.8. The number of carbonyl (C=O) groups is 1. The lowest BCUT2D eigenvalue weighted by Crippen LogP contribution is -2.51. The molecular formula is C14H22N2O3S. The van der Waals surface area contributed by atoms with Crippen molar-refractivity contribution in [3.63, 3.8) is 0 Å². The van der Waals surface area contributed by atoms with E-state index in [0.717, 1.165) is 18.0 Å². The minimum absolute atomic E-state index is 0.120. The van der Waals surface area contributed by atoms with Gasteiger partial charge in [0.25, 0.3) is 5.91 Å². The number of aliphatic hydroxyl groups is 1. The first-order valence-electron chi connectivity index (χ1n) is 6.83. The molecule has 2 rings (SSSR count). The van der Waals surface area contributed by atoms with Gasteiger partial charge < -0.3 is 15.2 Å². The highest BCUT2D eigenvalue weighted by atomic mass is 32.1. The molecule has 0 saturated carbocycles. The summed E-state index contributed by atoms with van der Waals surface area (Å²) in [6, 6.07) is 3.73. The van der Waals surface area contributed by atoms with Gasteiger partial charge in [-0.2, -0.15) is 0 Å². The number of amides is 1. The second-order valence-electron chi connectivity index (χ2n) is 5.48. The van der Waals surface area contributed by atoms with Crippen LogP contribution < -0.4 is 5.32 Å². The van der Waals surface area contributed by atoms with Gasteiger partial charge in [-0.05, 0) is 26.0 Å². The number of nitrogens with zero attached hydrogens (tertiary/aromatic N) is 1. The molecule has 1 atom stereocenters. The third kappa shape index (κ3) is 4.56. The van der Waals surface area contributed by atoms with E-state index in [4.69, 9.17) is 4.74 Å². The third-order valence-corrected chi connectivity index (χ3v) is 4.26. The topological polar surface area (TPSA) is 61.8 Å². The largest absolute Gasteiger partial charge is 0.387 e. The molecule has 1 aromatic rings. The third-order valence-electron chi connectivity index (χ3n) is 3.26. The predicted octanol–water partition coefficient (Wildman–Crippen LogP) is 0.870. The molecule has 1 unspecified atom stereocenters. The first-order valence-corrected chi connectivity index (χ1v) is 7.65. The molecule has 1 aliphatic heterocycles. The second kappa shape index (κ2) is 6.67. The molecule has 112 valence electrons. The van der Waals surface area contributed by atoms with Crippen LogP contribution in [0.3, 0.4) is 0 Å². The van der Waals surface area contributed by atoms with Crippen LogP contribution >= 0.6 is 11.3 Å².